The van der Waals surface area contributed by atoms with Gasteiger partial charge in [-0.1, -0.05) is 0 Å². The molecule has 0 aromatic carbocycles. The van der Waals surface area contributed by atoms with Gasteiger partial charge in [0.05, 0.1) is 0 Å². The molecule has 70 valence electrons. The Balaban J connectivity index is 2.31. The average Bonchev–Trinajstić information content (AvgIpc) is 2.55. The van der Waals surface area contributed by atoms with Crippen LogP contribution in [0.15, 0.2) is 16.8 Å². The first kappa shape index (κ1) is 9.73. The van der Waals surface area contributed by atoms with Crippen molar-refractivity contribution in [1.29, 1.82) is 0 Å². The molecule has 1 aromatic rings. The van der Waals surface area contributed by atoms with Gasteiger partial charge in [0.15, 0.2) is 0 Å². The Morgan fingerprint density at radius 3 is 2.85 bits per heavy atom. The molecule has 0 spiro atoms. The molecule has 0 aliphatic carbocycles. The molecule has 3 N–H and O–H groups in total. The van der Waals surface area contributed by atoms with Crippen LogP contribution in [0.3, 0.4) is 0 Å². The van der Waals surface area contributed by atoms with Gasteiger partial charge in [-0.2, -0.15) is 11.3 Å². The summed E-state index contributed by atoms with van der Waals surface area (Å²) >= 11 is 1.46. The monoisotopic (exact) mass is 198 g/mol. The number of nitrogens with two attached hydrogens (primary N) is 1. The molecule has 0 saturated heterocycles. The van der Waals surface area contributed by atoms with Gasteiger partial charge in [0.1, 0.15) is 0 Å². The quantitative estimate of drug-likeness (QED) is 0.732. The van der Waals surface area contributed by atoms with Crippen LogP contribution in [0.1, 0.15) is 16.8 Å². The molecule has 1 aromatic heterocycles. The summed E-state index contributed by atoms with van der Waals surface area (Å²) in [7, 11) is 0. The van der Waals surface area contributed by atoms with Crippen LogP contribution in [0.4, 0.5) is 0 Å². The third kappa shape index (κ3) is 3.25. The van der Waals surface area contributed by atoms with Crippen molar-refractivity contribution < 1.29 is 9.59 Å². The van der Waals surface area contributed by atoms with Crippen LogP contribution in [-0.2, 0) is 4.79 Å². The summed E-state index contributed by atoms with van der Waals surface area (Å²) in [5.41, 5.74) is 5.53. The molecule has 0 bridgehead atoms. The molecule has 0 fully saturated rings. The second-order valence-corrected chi connectivity index (χ2v) is 3.26. The van der Waals surface area contributed by atoms with E-state index in [2.05, 4.69) is 5.32 Å². The number of nitrogens with one attached hydrogen (secondary N) is 1. The Bertz CT molecular complexity index is 295. The Hall–Kier alpha value is -1.36. The second-order valence-electron chi connectivity index (χ2n) is 2.48. The molecular weight excluding hydrogens is 188 g/mol. The van der Waals surface area contributed by atoms with Crippen LogP contribution >= 0.6 is 11.3 Å². The lowest BCUT2D eigenvalue weighted by Crippen LogP contribution is -2.27. The van der Waals surface area contributed by atoms with Gasteiger partial charge in [-0.3, -0.25) is 9.59 Å². The Morgan fingerprint density at radius 1 is 1.54 bits per heavy atom. The number of amides is 2. The third-order valence-electron chi connectivity index (χ3n) is 1.44. The van der Waals surface area contributed by atoms with Crippen LogP contribution in [-0.4, -0.2) is 18.4 Å². The van der Waals surface area contributed by atoms with Crippen molar-refractivity contribution in [3.05, 3.63) is 22.4 Å². The number of thiophene rings is 1. The summed E-state index contributed by atoms with van der Waals surface area (Å²) in [6.45, 7) is 0.296. The van der Waals surface area contributed by atoms with Gasteiger partial charge >= 0.3 is 0 Å². The van der Waals surface area contributed by atoms with Crippen LogP contribution in [0.2, 0.25) is 0 Å². The molecule has 0 unspecified atom stereocenters. The van der Waals surface area contributed by atoms with E-state index in [0.29, 0.717) is 12.1 Å². The molecule has 0 radical (unpaired) electrons. The molecule has 0 saturated carbocycles. The van der Waals surface area contributed by atoms with Gasteiger partial charge in [0.25, 0.3) is 5.91 Å². The molecule has 1 rings (SSSR count). The number of hydrogen-bond donors (Lipinski definition) is 2. The average molecular weight is 198 g/mol. The van der Waals surface area contributed by atoms with Crippen molar-refractivity contribution in [2.75, 3.05) is 6.54 Å². The highest BCUT2D eigenvalue weighted by Crippen LogP contribution is 2.04. The fraction of sp³-hybridized carbons (Fsp3) is 0.250. The number of carbonyl (C=O) groups excluding carboxylic acids is 2. The van der Waals surface area contributed by atoms with Crippen LogP contribution in [0.25, 0.3) is 0 Å². The zero-order valence-corrected chi connectivity index (χ0v) is 7.76. The second kappa shape index (κ2) is 4.61. The first-order chi connectivity index (χ1) is 6.20. The largest absolute Gasteiger partial charge is 0.370 e. The van der Waals surface area contributed by atoms with E-state index < -0.39 is 5.91 Å². The maximum atomic E-state index is 11.2. The molecule has 0 aliphatic rings. The zero-order valence-electron chi connectivity index (χ0n) is 6.95. The summed E-state index contributed by atoms with van der Waals surface area (Å²) < 4.78 is 0. The van der Waals surface area contributed by atoms with Crippen molar-refractivity contribution >= 4 is 23.2 Å². The molecule has 4 nitrogen and oxygen atoms in total. The first-order valence-corrected chi connectivity index (χ1v) is 4.73. The van der Waals surface area contributed by atoms with Crippen molar-refractivity contribution in [3.8, 4) is 0 Å². The highest BCUT2D eigenvalue weighted by atomic mass is 32.1. The number of rotatable bonds is 4. The molecule has 1 heterocycles. The third-order valence-corrected chi connectivity index (χ3v) is 2.12. The fourth-order valence-corrected chi connectivity index (χ4v) is 1.43. The number of hydrogen-bond acceptors (Lipinski definition) is 3. The van der Waals surface area contributed by atoms with E-state index in [1.165, 1.54) is 11.3 Å². The molecule has 2 amide bonds. The lowest BCUT2D eigenvalue weighted by molar-refractivity contribution is -0.117. The lowest BCUT2D eigenvalue weighted by Gasteiger charge is -2.00. The number of carbonyl (C=O) groups is 2. The summed E-state index contributed by atoms with van der Waals surface area (Å²) in [6.07, 6.45) is 0.176. The van der Waals surface area contributed by atoms with E-state index >= 15 is 0 Å². The molecule has 5 heteroatoms. The summed E-state index contributed by atoms with van der Waals surface area (Å²) in [6, 6.07) is 1.73. The van der Waals surface area contributed by atoms with E-state index in [-0.39, 0.29) is 12.3 Å². The minimum absolute atomic E-state index is 0.164. The first-order valence-electron chi connectivity index (χ1n) is 3.79. The molecule has 13 heavy (non-hydrogen) atoms. The molecule has 0 atom stereocenters. The van der Waals surface area contributed by atoms with E-state index in [1.54, 1.807) is 11.4 Å². The molecule has 0 aliphatic heterocycles. The van der Waals surface area contributed by atoms with Crippen LogP contribution in [0.5, 0.6) is 0 Å². The maximum absolute atomic E-state index is 11.2. The van der Waals surface area contributed by atoms with Gasteiger partial charge in [-0.15, -0.1) is 0 Å². The number of primary amides is 1. The summed E-state index contributed by atoms with van der Waals surface area (Å²) in [4.78, 5) is 21.6. The van der Waals surface area contributed by atoms with E-state index in [1.807, 2.05) is 5.38 Å². The van der Waals surface area contributed by atoms with E-state index in [9.17, 15) is 9.59 Å². The van der Waals surface area contributed by atoms with Crippen molar-refractivity contribution in [2.45, 2.75) is 6.42 Å². The Labute approximate surface area is 79.7 Å². The maximum Gasteiger partial charge on any atom is 0.252 e. The van der Waals surface area contributed by atoms with Gasteiger partial charge in [0.2, 0.25) is 5.91 Å². The predicted molar refractivity (Wildman–Crippen MR) is 50.5 cm³/mol. The van der Waals surface area contributed by atoms with Gasteiger partial charge in [-0.25, -0.2) is 0 Å². The zero-order chi connectivity index (χ0) is 9.68. The van der Waals surface area contributed by atoms with Gasteiger partial charge < -0.3 is 11.1 Å². The van der Waals surface area contributed by atoms with Gasteiger partial charge in [0, 0.05) is 23.9 Å². The minimum atomic E-state index is -0.411. The minimum Gasteiger partial charge on any atom is -0.370 e. The smallest absolute Gasteiger partial charge is 0.252 e. The topological polar surface area (TPSA) is 72.2 Å². The van der Waals surface area contributed by atoms with Gasteiger partial charge in [-0.05, 0) is 11.4 Å². The van der Waals surface area contributed by atoms with E-state index in [0.717, 1.165) is 0 Å². The highest BCUT2D eigenvalue weighted by Gasteiger charge is 2.04. The standard InChI is InChI=1S/C8H10N2O2S/c9-7(11)1-3-10-8(12)6-2-4-13-5-6/h2,4-5H,1,3H2,(H2,9,11)(H,10,12). The lowest BCUT2D eigenvalue weighted by atomic mass is 10.3. The van der Waals surface area contributed by atoms with Crippen molar-refractivity contribution in [1.82, 2.24) is 5.32 Å². The predicted octanol–water partition coefficient (Wildman–Crippen LogP) is 0.353. The summed E-state index contributed by atoms with van der Waals surface area (Å²) in [5.74, 6) is -0.576. The Morgan fingerprint density at radius 2 is 2.31 bits per heavy atom. The SMILES string of the molecule is NC(=O)CCNC(=O)c1ccsc1. The highest BCUT2D eigenvalue weighted by molar-refractivity contribution is 7.08. The Kier molecular flexibility index (Phi) is 3.45. The van der Waals surface area contributed by atoms with Crippen LogP contribution in [0, 0.1) is 0 Å². The normalized spacial score (nSPS) is 9.54. The van der Waals surface area contributed by atoms with Crippen molar-refractivity contribution in [3.63, 3.8) is 0 Å². The van der Waals surface area contributed by atoms with Crippen LogP contribution < -0.4 is 11.1 Å². The van der Waals surface area contributed by atoms with E-state index in [4.69, 9.17) is 5.73 Å². The molecular formula is C8H10N2O2S. The fourth-order valence-electron chi connectivity index (χ4n) is 0.795. The summed E-state index contributed by atoms with van der Waals surface area (Å²) in [5, 5.41) is 6.16. The van der Waals surface area contributed by atoms with Crippen molar-refractivity contribution in [2.24, 2.45) is 5.73 Å².